The molecule has 4 N–H and O–H groups in total. The van der Waals surface area contributed by atoms with Crippen molar-refractivity contribution in [3.8, 4) is 0 Å². The summed E-state index contributed by atoms with van der Waals surface area (Å²) in [5.74, 6) is 2.09. The van der Waals surface area contributed by atoms with Crippen molar-refractivity contribution in [2.24, 2.45) is 22.6 Å². The van der Waals surface area contributed by atoms with E-state index in [1.165, 1.54) is 0 Å². The first-order valence-corrected chi connectivity index (χ1v) is 9.95. The van der Waals surface area contributed by atoms with E-state index >= 15 is 0 Å². The highest BCUT2D eigenvalue weighted by Crippen LogP contribution is 2.24. The number of carbonyl (C=O) groups is 1. The number of pyridine rings is 1. The number of amides is 1. The van der Waals surface area contributed by atoms with Crippen LogP contribution >= 0.6 is 0 Å². The first-order chi connectivity index (χ1) is 12.9. The molecule has 0 bridgehead atoms. The summed E-state index contributed by atoms with van der Waals surface area (Å²) >= 11 is 0. The molecule has 1 aliphatic heterocycles. The quantitative estimate of drug-likeness (QED) is 0.500. The number of anilines is 1. The number of primary amides is 1. The molecule has 1 unspecified atom stereocenters. The topological polar surface area (TPSA) is 95.6 Å². The number of piperidine rings is 1. The number of nitrogens with two attached hydrogens (primary N) is 1. The summed E-state index contributed by atoms with van der Waals surface area (Å²) in [7, 11) is 0. The minimum absolute atomic E-state index is 0.0199. The van der Waals surface area contributed by atoms with Crippen LogP contribution in [0.1, 0.15) is 46.1 Å². The van der Waals surface area contributed by atoms with Crippen LogP contribution in [0.3, 0.4) is 0 Å². The third-order valence-corrected chi connectivity index (χ3v) is 5.18. The van der Waals surface area contributed by atoms with Gasteiger partial charge in [-0.05, 0) is 38.7 Å². The van der Waals surface area contributed by atoms with Crippen molar-refractivity contribution in [2.75, 3.05) is 24.5 Å². The third-order valence-electron chi connectivity index (χ3n) is 5.18. The fourth-order valence-electron chi connectivity index (χ4n) is 3.08. The molecule has 0 radical (unpaired) electrons. The van der Waals surface area contributed by atoms with Crippen molar-refractivity contribution in [3.05, 3.63) is 23.9 Å². The number of aliphatic imine (C=N–C) groups is 1. The van der Waals surface area contributed by atoms with Gasteiger partial charge in [-0.2, -0.15) is 0 Å². The average molecular weight is 375 g/mol. The molecule has 1 amide bonds. The van der Waals surface area contributed by atoms with Gasteiger partial charge in [-0.25, -0.2) is 9.98 Å². The van der Waals surface area contributed by atoms with E-state index in [1.807, 2.05) is 12.3 Å². The lowest BCUT2D eigenvalue weighted by molar-refractivity contribution is -0.122. The zero-order valence-electron chi connectivity index (χ0n) is 17.0. The maximum Gasteiger partial charge on any atom is 0.220 e. The van der Waals surface area contributed by atoms with Crippen molar-refractivity contribution in [1.29, 1.82) is 0 Å². The normalized spacial score (nSPS) is 17.1. The second kappa shape index (κ2) is 10.1. The molecule has 0 saturated carbocycles. The summed E-state index contributed by atoms with van der Waals surface area (Å²) in [5, 5.41) is 6.77. The van der Waals surface area contributed by atoms with E-state index in [4.69, 9.17) is 10.7 Å². The molecule has 1 saturated heterocycles. The number of hydrogen-bond donors (Lipinski definition) is 3. The predicted octanol–water partition coefficient (Wildman–Crippen LogP) is 1.88. The molecule has 1 atom stereocenters. The smallest absolute Gasteiger partial charge is 0.220 e. The third kappa shape index (κ3) is 6.12. The predicted molar refractivity (Wildman–Crippen MR) is 111 cm³/mol. The molecule has 1 aromatic heterocycles. The standard InChI is InChI=1S/C20H34N6O/c1-5-22-20(25-15(4)14(2)3)24-13-17-7-6-10-23-19(17)26-11-8-16(9-12-26)18(21)27/h6-7,10,14-16H,5,8-9,11-13H2,1-4H3,(H2,21,27)(H2,22,24,25). The number of nitrogens with one attached hydrogen (secondary N) is 2. The molecule has 150 valence electrons. The minimum Gasteiger partial charge on any atom is -0.369 e. The van der Waals surface area contributed by atoms with Crippen LogP contribution < -0.4 is 21.3 Å². The van der Waals surface area contributed by atoms with E-state index < -0.39 is 0 Å². The monoisotopic (exact) mass is 374 g/mol. The molecule has 27 heavy (non-hydrogen) atoms. The van der Waals surface area contributed by atoms with Crippen molar-refractivity contribution < 1.29 is 4.79 Å². The average Bonchev–Trinajstić information content (AvgIpc) is 2.66. The summed E-state index contributed by atoms with van der Waals surface area (Å²) < 4.78 is 0. The SMILES string of the molecule is CCNC(=NCc1cccnc1N1CCC(C(N)=O)CC1)NC(C)C(C)C. The lowest BCUT2D eigenvalue weighted by Crippen LogP contribution is -2.44. The molecular weight excluding hydrogens is 340 g/mol. The van der Waals surface area contributed by atoms with Crippen LogP contribution in [0.4, 0.5) is 5.82 Å². The second-order valence-electron chi connectivity index (χ2n) is 7.52. The van der Waals surface area contributed by atoms with Crippen molar-refractivity contribution in [1.82, 2.24) is 15.6 Å². The number of rotatable bonds is 7. The Morgan fingerprint density at radius 3 is 2.67 bits per heavy atom. The number of hydrogen-bond acceptors (Lipinski definition) is 4. The van der Waals surface area contributed by atoms with Gasteiger partial charge in [0.1, 0.15) is 5.82 Å². The fraction of sp³-hybridized carbons (Fsp3) is 0.650. The number of guanidine groups is 1. The van der Waals surface area contributed by atoms with Gasteiger partial charge in [0, 0.05) is 43.4 Å². The zero-order chi connectivity index (χ0) is 19.8. The Hall–Kier alpha value is -2.31. The van der Waals surface area contributed by atoms with Gasteiger partial charge in [-0.1, -0.05) is 19.9 Å². The van der Waals surface area contributed by atoms with Gasteiger partial charge in [0.2, 0.25) is 5.91 Å². The Balaban J connectivity index is 2.09. The van der Waals surface area contributed by atoms with Crippen LogP contribution in [0, 0.1) is 11.8 Å². The van der Waals surface area contributed by atoms with Gasteiger partial charge >= 0.3 is 0 Å². The van der Waals surface area contributed by atoms with Gasteiger partial charge in [0.15, 0.2) is 5.96 Å². The molecule has 0 aromatic carbocycles. The van der Waals surface area contributed by atoms with Crippen molar-refractivity contribution in [3.63, 3.8) is 0 Å². The van der Waals surface area contributed by atoms with E-state index in [9.17, 15) is 4.79 Å². The van der Waals surface area contributed by atoms with Crippen LogP contribution in [-0.2, 0) is 11.3 Å². The number of carbonyl (C=O) groups excluding carboxylic acids is 1. The summed E-state index contributed by atoms with van der Waals surface area (Å²) in [4.78, 5) is 23.0. The lowest BCUT2D eigenvalue weighted by atomic mass is 9.96. The van der Waals surface area contributed by atoms with E-state index in [-0.39, 0.29) is 11.8 Å². The van der Waals surface area contributed by atoms with E-state index in [0.717, 1.165) is 49.8 Å². The molecule has 7 nitrogen and oxygen atoms in total. The van der Waals surface area contributed by atoms with E-state index in [1.54, 1.807) is 0 Å². The van der Waals surface area contributed by atoms with Crippen molar-refractivity contribution in [2.45, 2.75) is 53.1 Å². The Bertz CT molecular complexity index is 637. The molecular formula is C20H34N6O. The summed E-state index contributed by atoms with van der Waals surface area (Å²) in [6.07, 6.45) is 3.38. The largest absolute Gasteiger partial charge is 0.369 e. The lowest BCUT2D eigenvalue weighted by Gasteiger charge is -2.32. The molecule has 0 spiro atoms. The van der Waals surface area contributed by atoms with E-state index in [0.29, 0.717) is 18.5 Å². The van der Waals surface area contributed by atoms with E-state index in [2.05, 4.69) is 54.3 Å². The first kappa shape index (κ1) is 21.0. The highest BCUT2D eigenvalue weighted by Gasteiger charge is 2.24. The number of nitrogens with zero attached hydrogens (tertiary/aromatic N) is 3. The Morgan fingerprint density at radius 1 is 1.37 bits per heavy atom. The summed E-state index contributed by atoms with van der Waals surface area (Å²) in [6.45, 7) is 11.6. The van der Waals surface area contributed by atoms with Gasteiger partial charge in [0.05, 0.1) is 6.54 Å². The van der Waals surface area contributed by atoms with Crippen LogP contribution in [0.5, 0.6) is 0 Å². The molecule has 2 heterocycles. The van der Waals surface area contributed by atoms with Gasteiger partial charge < -0.3 is 21.3 Å². The fourth-order valence-corrected chi connectivity index (χ4v) is 3.08. The Kier molecular flexibility index (Phi) is 7.88. The van der Waals surface area contributed by atoms with Crippen LogP contribution in [0.2, 0.25) is 0 Å². The highest BCUT2D eigenvalue weighted by molar-refractivity contribution is 5.80. The first-order valence-electron chi connectivity index (χ1n) is 9.95. The molecule has 2 rings (SSSR count). The maximum absolute atomic E-state index is 11.4. The van der Waals surface area contributed by atoms with Crippen molar-refractivity contribution >= 4 is 17.7 Å². The summed E-state index contributed by atoms with van der Waals surface area (Å²) in [5.41, 5.74) is 6.53. The zero-order valence-corrected chi connectivity index (χ0v) is 17.0. The van der Waals surface area contributed by atoms with Gasteiger partial charge in [-0.15, -0.1) is 0 Å². The molecule has 0 aliphatic carbocycles. The van der Waals surface area contributed by atoms with Crippen LogP contribution in [0.15, 0.2) is 23.3 Å². The van der Waals surface area contributed by atoms with Crippen LogP contribution in [-0.4, -0.2) is 42.5 Å². The molecule has 7 heteroatoms. The molecule has 1 fully saturated rings. The Labute approximate surface area is 162 Å². The molecule has 1 aromatic rings. The van der Waals surface area contributed by atoms with Gasteiger partial charge in [0.25, 0.3) is 0 Å². The maximum atomic E-state index is 11.4. The number of aromatic nitrogens is 1. The Morgan fingerprint density at radius 2 is 2.07 bits per heavy atom. The molecule has 1 aliphatic rings. The van der Waals surface area contributed by atoms with Gasteiger partial charge in [-0.3, -0.25) is 4.79 Å². The van der Waals surface area contributed by atoms with Crippen LogP contribution in [0.25, 0.3) is 0 Å². The highest BCUT2D eigenvalue weighted by atomic mass is 16.1. The summed E-state index contributed by atoms with van der Waals surface area (Å²) in [6, 6.07) is 4.35. The second-order valence-corrected chi connectivity index (χ2v) is 7.52. The minimum atomic E-state index is -0.193.